The number of ether oxygens (including phenoxy) is 2. The smallest absolute Gasteiger partial charge is 0.238 e. The molecule has 1 N–H and O–H groups in total. The number of hydrogen-bond acceptors (Lipinski definition) is 5. The highest BCUT2D eigenvalue weighted by molar-refractivity contribution is 7.10. The minimum absolute atomic E-state index is 0.0357. The lowest BCUT2D eigenvalue weighted by molar-refractivity contribution is -0.117. The molecular weight excluding hydrogens is 384 g/mol. The lowest BCUT2D eigenvalue weighted by atomic mass is 10.1. The fraction of sp³-hybridized carbons (Fsp3) is 0.261. The van der Waals surface area contributed by atoms with Gasteiger partial charge in [0.2, 0.25) is 5.91 Å². The van der Waals surface area contributed by atoms with Gasteiger partial charge in [-0.15, -0.1) is 11.3 Å². The molecule has 0 saturated carbocycles. The SMILES string of the molecule is CCOc1ccc(Oc2ccccc2NC(=O)CN2CCc3sccc3C2)cc1. The van der Waals surface area contributed by atoms with E-state index in [4.69, 9.17) is 9.47 Å². The van der Waals surface area contributed by atoms with Gasteiger partial charge in [0, 0.05) is 18.0 Å². The van der Waals surface area contributed by atoms with Crippen LogP contribution in [0.25, 0.3) is 0 Å². The number of rotatable bonds is 7. The van der Waals surface area contributed by atoms with Crippen LogP contribution in [0.2, 0.25) is 0 Å². The van der Waals surface area contributed by atoms with Gasteiger partial charge < -0.3 is 14.8 Å². The van der Waals surface area contributed by atoms with E-state index in [0.29, 0.717) is 30.3 Å². The van der Waals surface area contributed by atoms with E-state index in [-0.39, 0.29) is 5.91 Å². The quantitative estimate of drug-likeness (QED) is 0.602. The molecule has 1 aromatic heterocycles. The Balaban J connectivity index is 1.38. The summed E-state index contributed by atoms with van der Waals surface area (Å²) in [5, 5.41) is 5.13. The van der Waals surface area contributed by atoms with Crippen LogP contribution in [0.3, 0.4) is 0 Å². The topological polar surface area (TPSA) is 50.8 Å². The van der Waals surface area contributed by atoms with Crippen LogP contribution >= 0.6 is 11.3 Å². The van der Waals surface area contributed by atoms with Crippen LogP contribution in [0, 0.1) is 0 Å². The summed E-state index contributed by atoms with van der Waals surface area (Å²) >= 11 is 1.80. The number of fused-ring (bicyclic) bond motifs is 1. The van der Waals surface area contributed by atoms with Gasteiger partial charge in [0.05, 0.1) is 18.8 Å². The molecule has 5 nitrogen and oxygen atoms in total. The summed E-state index contributed by atoms with van der Waals surface area (Å²) in [6, 6.07) is 17.1. The second-order valence-electron chi connectivity index (χ2n) is 6.88. The molecule has 0 radical (unpaired) electrons. The van der Waals surface area contributed by atoms with Crippen molar-refractivity contribution in [3.05, 3.63) is 70.4 Å². The molecule has 1 amide bonds. The van der Waals surface area contributed by atoms with Crippen molar-refractivity contribution in [3.63, 3.8) is 0 Å². The summed E-state index contributed by atoms with van der Waals surface area (Å²) in [7, 11) is 0. The number of nitrogens with one attached hydrogen (secondary N) is 1. The van der Waals surface area contributed by atoms with Crippen molar-refractivity contribution in [1.29, 1.82) is 0 Å². The lowest BCUT2D eigenvalue weighted by Gasteiger charge is -2.26. The minimum atomic E-state index is -0.0357. The third-order valence-electron chi connectivity index (χ3n) is 4.78. The Morgan fingerprint density at radius 2 is 1.90 bits per heavy atom. The number of thiophene rings is 1. The molecule has 4 rings (SSSR count). The Hall–Kier alpha value is -2.83. The third kappa shape index (κ3) is 4.96. The molecule has 3 aromatic rings. The van der Waals surface area contributed by atoms with Gasteiger partial charge in [0.15, 0.2) is 5.75 Å². The predicted octanol–water partition coefficient (Wildman–Crippen LogP) is 4.94. The van der Waals surface area contributed by atoms with Crippen LogP contribution in [0.1, 0.15) is 17.4 Å². The zero-order chi connectivity index (χ0) is 20.1. The first-order valence-corrected chi connectivity index (χ1v) is 10.7. The Morgan fingerprint density at radius 1 is 1.10 bits per heavy atom. The number of para-hydroxylation sites is 2. The second kappa shape index (κ2) is 9.11. The monoisotopic (exact) mass is 408 g/mol. The van der Waals surface area contributed by atoms with Gasteiger partial charge in [-0.1, -0.05) is 12.1 Å². The van der Waals surface area contributed by atoms with Gasteiger partial charge in [-0.2, -0.15) is 0 Å². The zero-order valence-corrected chi connectivity index (χ0v) is 17.2. The summed E-state index contributed by atoms with van der Waals surface area (Å²) in [6.45, 7) is 4.68. The molecule has 0 fully saturated rings. The third-order valence-corrected chi connectivity index (χ3v) is 5.80. The van der Waals surface area contributed by atoms with Crippen molar-refractivity contribution in [2.75, 3.05) is 25.0 Å². The summed E-state index contributed by atoms with van der Waals surface area (Å²) in [5.41, 5.74) is 2.01. The molecule has 0 unspecified atom stereocenters. The standard InChI is InChI=1S/C23H24N2O3S/c1-2-27-18-7-9-19(10-8-18)28-21-6-4-3-5-20(21)24-23(26)16-25-13-11-22-17(15-25)12-14-29-22/h3-10,12,14H,2,11,13,15-16H2,1H3,(H,24,26). The van der Waals surface area contributed by atoms with Gasteiger partial charge in [0.25, 0.3) is 0 Å². The summed E-state index contributed by atoms with van der Waals surface area (Å²) in [5.74, 6) is 2.07. The van der Waals surface area contributed by atoms with E-state index in [1.54, 1.807) is 11.3 Å². The van der Waals surface area contributed by atoms with Crippen LogP contribution in [0.4, 0.5) is 5.69 Å². The zero-order valence-electron chi connectivity index (χ0n) is 16.4. The Kier molecular flexibility index (Phi) is 6.12. The van der Waals surface area contributed by atoms with Crippen LogP contribution in [-0.2, 0) is 17.8 Å². The fourth-order valence-electron chi connectivity index (χ4n) is 3.39. The second-order valence-corrected chi connectivity index (χ2v) is 7.88. The van der Waals surface area contributed by atoms with Crippen molar-refractivity contribution in [2.24, 2.45) is 0 Å². The minimum Gasteiger partial charge on any atom is -0.494 e. The first-order chi connectivity index (χ1) is 14.2. The molecule has 1 aliphatic rings. The van der Waals surface area contributed by atoms with Crippen LogP contribution in [-0.4, -0.2) is 30.5 Å². The summed E-state index contributed by atoms with van der Waals surface area (Å²) in [4.78, 5) is 16.3. The van der Waals surface area contributed by atoms with Crippen LogP contribution < -0.4 is 14.8 Å². The van der Waals surface area contributed by atoms with Gasteiger partial charge in [0.1, 0.15) is 11.5 Å². The number of nitrogens with zero attached hydrogens (tertiary/aromatic N) is 1. The molecule has 1 aliphatic heterocycles. The lowest BCUT2D eigenvalue weighted by Crippen LogP contribution is -2.36. The number of carbonyl (C=O) groups excluding carboxylic acids is 1. The highest BCUT2D eigenvalue weighted by Crippen LogP contribution is 2.30. The van der Waals surface area contributed by atoms with Crippen LogP contribution in [0.15, 0.2) is 60.0 Å². The van der Waals surface area contributed by atoms with Crippen molar-refractivity contribution in [3.8, 4) is 17.2 Å². The van der Waals surface area contributed by atoms with Gasteiger partial charge in [-0.05, 0) is 66.8 Å². The van der Waals surface area contributed by atoms with E-state index in [0.717, 1.165) is 25.3 Å². The molecule has 0 saturated heterocycles. The average Bonchev–Trinajstić information content (AvgIpc) is 3.19. The fourth-order valence-corrected chi connectivity index (χ4v) is 4.28. The molecule has 0 bridgehead atoms. The molecule has 29 heavy (non-hydrogen) atoms. The van der Waals surface area contributed by atoms with Crippen LogP contribution in [0.5, 0.6) is 17.2 Å². The molecular formula is C23H24N2O3S. The molecule has 0 atom stereocenters. The summed E-state index contributed by atoms with van der Waals surface area (Å²) in [6.07, 6.45) is 1.01. The van der Waals surface area contributed by atoms with E-state index >= 15 is 0 Å². The van der Waals surface area contributed by atoms with Gasteiger partial charge in [-0.3, -0.25) is 9.69 Å². The predicted molar refractivity (Wildman–Crippen MR) is 116 cm³/mol. The Labute approximate surface area is 174 Å². The van der Waals surface area contributed by atoms with Crippen molar-refractivity contribution < 1.29 is 14.3 Å². The van der Waals surface area contributed by atoms with Gasteiger partial charge in [-0.25, -0.2) is 0 Å². The molecule has 2 heterocycles. The molecule has 6 heteroatoms. The van der Waals surface area contributed by atoms with Gasteiger partial charge >= 0.3 is 0 Å². The van der Waals surface area contributed by atoms with E-state index in [1.807, 2.05) is 55.5 Å². The number of hydrogen-bond donors (Lipinski definition) is 1. The molecule has 0 spiro atoms. The maximum Gasteiger partial charge on any atom is 0.238 e. The van der Waals surface area contributed by atoms with E-state index in [1.165, 1.54) is 10.4 Å². The highest BCUT2D eigenvalue weighted by Gasteiger charge is 2.19. The Morgan fingerprint density at radius 3 is 2.72 bits per heavy atom. The maximum absolute atomic E-state index is 12.6. The maximum atomic E-state index is 12.6. The van der Waals surface area contributed by atoms with E-state index in [2.05, 4.69) is 21.7 Å². The van der Waals surface area contributed by atoms with Crippen molar-refractivity contribution in [2.45, 2.75) is 19.9 Å². The average molecular weight is 409 g/mol. The Bertz CT molecular complexity index is 968. The first kappa shape index (κ1) is 19.5. The number of amides is 1. The van der Waals surface area contributed by atoms with E-state index < -0.39 is 0 Å². The highest BCUT2D eigenvalue weighted by atomic mass is 32.1. The molecule has 2 aromatic carbocycles. The normalized spacial score (nSPS) is 13.6. The first-order valence-electron chi connectivity index (χ1n) is 9.78. The molecule has 150 valence electrons. The largest absolute Gasteiger partial charge is 0.494 e. The molecule has 0 aliphatic carbocycles. The van der Waals surface area contributed by atoms with Crippen molar-refractivity contribution >= 4 is 22.9 Å². The number of benzene rings is 2. The number of carbonyl (C=O) groups is 1. The van der Waals surface area contributed by atoms with Crippen molar-refractivity contribution in [1.82, 2.24) is 4.90 Å². The number of anilines is 1. The van der Waals surface area contributed by atoms with E-state index in [9.17, 15) is 4.79 Å². The summed E-state index contributed by atoms with van der Waals surface area (Å²) < 4.78 is 11.4.